The lowest BCUT2D eigenvalue weighted by molar-refractivity contribution is 0.337. The second kappa shape index (κ2) is 6.21. The molecule has 0 aliphatic heterocycles. The molecule has 1 aliphatic rings. The molecule has 2 heteroatoms. The lowest BCUT2D eigenvalue weighted by Gasteiger charge is -2.37. The van der Waals surface area contributed by atoms with Crippen molar-refractivity contribution in [2.24, 2.45) is 0 Å². The molecule has 2 aromatic rings. The molecule has 0 spiro atoms. The lowest BCUT2D eigenvalue weighted by atomic mass is 9.75. The Morgan fingerprint density at radius 2 is 1.90 bits per heavy atom. The number of hydrogen-bond donors (Lipinski definition) is 1. The number of aryl methyl sites for hydroxylation is 1. The molecule has 0 radical (unpaired) electrons. The molecule has 0 amide bonds. The van der Waals surface area contributed by atoms with E-state index >= 15 is 0 Å². The van der Waals surface area contributed by atoms with Crippen molar-refractivity contribution in [2.75, 3.05) is 11.9 Å². The van der Waals surface area contributed by atoms with E-state index in [1.165, 1.54) is 24.0 Å². The van der Waals surface area contributed by atoms with Crippen LogP contribution in [0.25, 0.3) is 0 Å². The van der Waals surface area contributed by atoms with Crippen molar-refractivity contribution in [3.63, 3.8) is 0 Å². The summed E-state index contributed by atoms with van der Waals surface area (Å²) in [5.41, 5.74) is 3.95. The second-order valence-electron chi connectivity index (χ2n) is 5.85. The van der Waals surface area contributed by atoms with E-state index in [2.05, 4.69) is 48.6 Å². The van der Waals surface area contributed by atoms with E-state index in [1.54, 1.807) is 0 Å². The maximum absolute atomic E-state index is 5.67. The molecule has 2 aromatic carbocycles. The Balaban J connectivity index is 1.60. The van der Waals surface area contributed by atoms with E-state index in [0.717, 1.165) is 11.4 Å². The molecule has 0 bridgehead atoms. The van der Waals surface area contributed by atoms with Crippen LogP contribution in [0.5, 0.6) is 5.75 Å². The third kappa shape index (κ3) is 3.21. The van der Waals surface area contributed by atoms with Gasteiger partial charge in [0.15, 0.2) is 0 Å². The molecular formula is C19H23NO. The normalized spacial score (nSPS) is 20.7. The van der Waals surface area contributed by atoms with Gasteiger partial charge in [0.05, 0.1) is 12.3 Å². The summed E-state index contributed by atoms with van der Waals surface area (Å²) in [6.45, 7) is 4.89. The van der Waals surface area contributed by atoms with Crippen molar-refractivity contribution in [1.29, 1.82) is 0 Å². The predicted octanol–water partition coefficient (Wildman–Crippen LogP) is 4.75. The molecule has 0 saturated heterocycles. The Morgan fingerprint density at radius 3 is 2.67 bits per heavy atom. The Hall–Kier alpha value is -1.96. The Bertz CT molecular complexity index is 602. The average molecular weight is 281 g/mol. The van der Waals surface area contributed by atoms with Gasteiger partial charge in [0.1, 0.15) is 5.75 Å². The van der Waals surface area contributed by atoms with Gasteiger partial charge in [0.25, 0.3) is 0 Å². The lowest BCUT2D eigenvalue weighted by Crippen LogP contribution is -2.34. The molecule has 21 heavy (non-hydrogen) atoms. The van der Waals surface area contributed by atoms with Gasteiger partial charge in [-0.1, -0.05) is 42.0 Å². The molecule has 110 valence electrons. The third-order valence-corrected chi connectivity index (χ3v) is 4.20. The number of hydrogen-bond acceptors (Lipinski definition) is 2. The van der Waals surface area contributed by atoms with Gasteiger partial charge in [0.2, 0.25) is 0 Å². The zero-order valence-corrected chi connectivity index (χ0v) is 12.8. The quantitative estimate of drug-likeness (QED) is 0.853. The molecule has 1 aliphatic carbocycles. The van der Waals surface area contributed by atoms with Gasteiger partial charge in [-0.3, -0.25) is 0 Å². The molecule has 1 N–H and O–H groups in total. The SMILES string of the molecule is CCOc1ccccc1NC1CC(c2cccc(C)c2)C1. The maximum atomic E-state index is 5.67. The topological polar surface area (TPSA) is 21.3 Å². The van der Waals surface area contributed by atoms with Crippen LogP contribution < -0.4 is 10.1 Å². The number of anilines is 1. The van der Waals surface area contributed by atoms with Crippen molar-refractivity contribution >= 4 is 5.69 Å². The molecular weight excluding hydrogens is 258 g/mol. The third-order valence-electron chi connectivity index (χ3n) is 4.20. The zero-order chi connectivity index (χ0) is 14.7. The number of ether oxygens (including phenoxy) is 1. The van der Waals surface area contributed by atoms with Crippen LogP contribution in [0, 0.1) is 6.92 Å². The van der Waals surface area contributed by atoms with Crippen LogP contribution in [0.3, 0.4) is 0 Å². The maximum Gasteiger partial charge on any atom is 0.142 e. The second-order valence-corrected chi connectivity index (χ2v) is 5.85. The molecule has 0 heterocycles. The van der Waals surface area contributed by atoms with Crippen LogP contribution in [0.15, 0.2) is 48.5 Å². The fourth-order valence-corrected chi connectivity index (χ4v) is 3.02. The zero-order valence-electron chi connectivity index (χ0n) is 12.8. The van der Waals surface area contributed by atoms with E-state index in [9.17, 15) is 0 Å². The first kappa shape index (κ1) is 14.0. The molecule has 1 saturated carbocycles. The van der Waals surface area contributed by atoms with Gasteiger partial charge >= 0.3 is 0 Å². The standard InChI is InChI=1S/C19H23NO/c1-3-21-19-10-5-4-9-18(19)20-17-12-16(13-17)15-8-6-7-14(2)11-15/h4-11,16-17,20H,3,12-13H2,1-2H3. The fourth-order valence-electron chi connectivity index (χ4n) is 3.02. The highest BCUT2D eigenvalue weighted by atomic mass is 16.5. The highest BCUT2D eigenvalue weighted by Gasteiger charge is 2.30. The summed E-state index contributed by atoms with van der Waals surface area (Å²) in [6.07, 6.45) is 2.40. The number of para-hydroxylation sites is 2. The van der Waals surface area contributed by atoms with Crippen molar-refractivity contribution in [3.8, 4) is 5.75 Å². The predicted molar refractivity (Wildman–Crippen MR) is 88.2 cm³/mol. The van der Waals surface area contributed by atoms with Crippen LogP contribution in [-0.4, -0.2) is 12.6 Å². The van der Waals surface area contributed by atoms with E-state index < -0.39 is 0 Å². The van der Waals surface area contributed by atoms with Gasteiger partial charge in [-0.2, -0.15) is 0 Å². The molecule has 0 unspecified atom stereocenters. The fraction of sp³-hybridized carbons (Fsp3) is 0.368. The summed E-state index contributed by atoms with van der Waals surface area (Å²) in [5.74, 6) is 1.65. The molecule has 2 nitrogen and oxygen atoms in total. The van der Waals surface area contributed by atoms with Gasteiger partial charge in [0, 0.05) is 6.04 Å². The van der Waals surface area contributed by atoms with Crippen LogP contribution in [0.4, 0.5) is 5.69 Å². The van der Waals surface area contributed by atoms with Crippen molar-refractivity contribution in [2.45, 2.75) is 38.6 Å². The van der Waals surface area contributed by atoms with Crippen molar-refractivity contribution < 1.29 is 4.74 Å². The molecule has 0 atom stereocenters. The van der Waals surface area contributed by atoms with Crippen LogP contribution >= 0.6 is 0 Å². The van der Waals surface area contributed by atoms with E-state index in [4.69, 9.17) is 4.74 Å². The smallest absolute Gasteiger partial charge is 0.142 e. The van der Waals surface area contributed by atoms with Crippen LogP contribution in [-0.2, 0) is 0 Å². The Labute approximate surface area is 127 Å². The summed E-state index contributed by atoms with van der Waals surface area (Å²) in [4.78, 5) is 0. The van der Waals surface area contributed by atoms with Gasteiger partial charge < -0.3 is 10.1 Å². The van der Waals surface area contributed by atoms with Crippen molar-refractivity contribution in [1.82, 2.24) is 0 Å². The minimum absolute atomic E-state index is 0.553. The van der Waals surface area contributed by atoms with Gasteiger partial charge in [-0.05, 0) is 50.3 Å². The largest absolute Gasteiger partial charge is 0.492 e. The van der Waals surface area contributed by atoms with Gasteiger partial charge in [-0.25, -0.2) is 0 Å². The number of benzene rings is 2. The molecule has 0 aromatic heterocycles. The van der Waals surface area contributed by atoms with E-state index in [1.807, 2.05) is 19.1 Å². The van der Waals surface area contributed by atoms with E-state index in [0.29, 0.717) is 18.6 Å². The van der Waals surface area contributed by atoms with Gasteiger partial charge in [-0.15, -0.1) is 0 Å². The minimum Gasteiger partial charge on any atom is -0.492 e. The first-order chi connectivity index (χ1) is 10.3. The average Bonchev–Trinajstić information content (AvgIpc) is 2.44. The highest BCUT2D eigenvalue weighted by Crippen LogP contribution is 2.39. The first-order valence-corrected chi connectivity index (χ1v) is 7.81. The Kier molecular flexibility index (Phi) is 4.14. The minimum atomic E-state index is 0.553. The highest BCUT2D eigenvalue weighted by molar-refractivity contribution is 5.57. The van der Waals surface area contributed by atoms with E-state index in [-0.39, 0.29) is 0 Å². The summed E-state index contributed by atoms with van der Waals surface area (Å²) < 4.78 is 5.67. The summed E-state index contributed by atoms with van der Waals surface area (Å²) in [7, 11) is 0. The molecule has 3 rings (SSSR count). The monoisotopic (exact) mass is 281 g/mol. The van der Waals surface area contributed by atoms with Crippen molar-refractivity contribution in [3.05, 3.63) is 59.7 Å². The summed E-state index contributed by atoms with van der Waals surface area (Å²) in [5, 5.41) is 3.62. The van der Waals surface area contributed by atoms with Crippen LogP contribution in [0.2, 0.25) is 0 Å². The number of nitrogens with one attached hydrogen (secondary N) is 1. The first-order valence-electron chi connectivity index (χ1n) is 7.81. The van der Waals surface area contributed by atoms with Crippen LogP contribution in [0.1, 0.15) is 36.8 Å². The summed E-state index contributed by atoms with van der Waals surface area (Å²) in [6, 6.07) is 17.7. The molecule has 1 fully saturated rings. The Morgan fingerprint density at radius 1 is 1.10 bits per heavy atom. The number of rotatable bonds is 5. The summed E-state index contributed by atoms with van der Waals surface area (Å²) >= 11 is 0.